The van der Waals surface area contributed by atoms with E-state index in [0.29, 0.717) is 43.4 Å². The van der Waals surface area contributed by atoms with Crippen LogP contribution in [-0.2, 0) is 14.3 Å². The average Bonchev–Trinajstić information content (AvgIpc) is 3.36. The number of hydrogen-bond acceptors (Lipinski definition) is 6. The minimum atomic E-state index is -1.11. The van der Waals surface area contributed by atoms with E-state index < -0.39 is 5.54 Å². The summed E-state index contributed by atoms with van der Waals surface area (Å²) < 4.78 is 11.9. The molecule has 2 fully saturated rings. The summed E-state index contributed by atoms with van der Waals surface area (Å²) in [5.41, 5.74) is 1.56. The van der Waals surface area contributed by atoms with Gasteiger partial charge in [0, 0.05) is 37.4 Å². The molecule has 0 aliphatic carbocycles. The minimum Gasteiger partial charge on any atom is -0.379 e. The second kappa shape index (κ2) is 9.96. The maximum Gasteiger partial charge on any atom is 0.262 e. The normalized spacial score (nSPS) is 21.3. The van der Waals surface area contributed by atoms with Crippen LogP contribution in [0, 0.1) is 6.92 Å². The highest BCUT2D eigenvalue weighted by molar-refractivity contribution is 9.11. The van der Waals surface area contributed by atoms with Crippen molar-refractivity contribution in [3.8, 4) is 0 Å². The highest BCUT2D eigenvalue weighted by Crippen LogP contribution is 2.28. The summed E-state index contributed by atoms with van der Waals surface area (Å²) in [5, 5.41) is 5.87. The molecule has 2 N–H and O–H groups in total. The molecule has 0 bridgehead atoms. The molecule has 2 aliphatic rings. The van der Waals surface area contributed by atoms with Crippen molar-refractivity contribution >= 4 is 67.7 Å². The Bertz CT molecular complexity index is 1040. The lowest BCUT2D eigenvalue weighted by Crippen LogP contribution is -2.57. The number of hydrogen-bond donors (Lipinski definition) is 2. The van der Waals surface area contributed by atoms with Gasteiger partial charge >= 0.3 is 0 Å². The molecule has 2 aromatic rings. The third kappa shape index (κ3) is 5.04. The second-order valence-electron chi connectivity index (χ2n) is 7.81. The van der Waals surface area contributed by atoms with Crippen molar-refractivity contribution in [1.82, 2.24) is 5.32 Å². The van der Waals surface area contributed by atoms with Gasteiger partial charge in [-0.05, 0) is 58.7 Å². The van der Waals surface area contributed by atoms with Crippen LogP contribution in [0.5, 0.6) is 0 Å². The monoisotopic (exact) mass is 537 g/mol. The molecule has 1 aromatic carbocycles. The molecule has 1 unspecified atom stereocenters. The Morgan fingerprint density at radius 2 is 2.03 bits per heavy atom. The smallest absolute Gasteiger partial charge is 0.262 e. The van der Waals surface area contributed by atoms with Gasteiger partial charge in [0.05, 0.1) is 33.5 Å². The lowest BCUT2D eigenvalue weighted by molar-refractivity contribution is -0.122. The van der Waals surface area contributed by atoms with Crippen LogP contribution < -0.4 is 15.5 Å². The highest BCUT2D eigenvalue weighted by atomic mass is 79.9. The van der Waals surface area contributed by atoms with Crippen LogP contribution in [0.25, 0.3) is 0 Å². The zero-order valence-corrected chi connectivity index (χ0v) is 20.8. The molecular formula is C22H24BrN3O4S2. The van der Waals surface area contributed by atoms with Gasteiger partial charge in [-0.25, -0.2) is 0 Å². The third-order valence-corrected chi connectivity index (χ3v) is 7.62. The number of carbonyl (C=O) groups is 2. The maximum atomic E-state index is 13.2. The Morgan fingerprint density at radius 3 is 2.72 bits per heavy atom. The SMILES string of the molecule is Cc1cc(NC(=O)C2(NC(=O)c3ccc(Br)s3)CCOC2)ccc1N1CCOCCC1=S. The maximum absolute atomic E-state index is 13.2. The molecule has 3 heterocycles. The van der Waals surface area contributed by atoms with Crippen LogP contribution in [0.4, 0.5) is 11.4 Å². The predicted molar refractivity (Wildman–Crippen MR) is 133 cm³/mol. The van der Waals surface area contributed by atoms with E-state index in [1.165, 1.54) is 11.3 Å². The number of anilines is 2. The molecule has 7 nitrogen and oxygen atoms in total. The fourth-order valence-corrected chi connectivity index (χ4v) is 5.39. The average molecular weight is 538 g/mol. The molecule has 2 aliphatic heterocycles. The molecule has 1 aromatic heterocycles. The first kappa shape index (κ1) is 23.3. The Labute approximate surface area is 204 Å². The van der Waals surface area contributed by atoms with Gasteiger partial charge in [0.25, 0.3) is 11.8 Å². The fraction of sp³-hybridized carbons (Fsp3) is 0.409. The van der Waals surface area contributed by atoms with Crippen molar-refractivity contribution in [2.24, 2.45) is 0 Å². The van der Waals surface area contributed by atoms with E-state index in [1.807, 2.05) is 31.2 Å². The quantitative estimate of drug-likeness (QED) is 0.563. The molecule has 0 saturated carbocycles. The summed E-state index contributed by atoms with van der Waals surface area (Å²) >= 11 is 10.2. The summed E-state index contributed by atoms with van der Waals surface area (Å²) in [4.78, 5) is 29.5. The highest BCUT2D eigenvalue weighted by Gasteiger charge is 2.44. The van der Waals surface area contributed by atoms with E-state index >= 15 is 0 Å². The number of benzene rings is 1. The van der Waals surface area contributed by atoms with Gasteiger partial charge in [0.15, 0.2) is 0 Å². The number of nitrogens with zero attached hydrogens (tertiary/aromatic N) is 1. The van der Waals surface area contributed by atoms with E-state index in [9.17, 15) is 9.59 Å². The Morgan fingerprint density at radius 1 is 1.19 bits per heavy atom. The van der Waals surface area contributed by atoms with Crippen molar-refractivity contribution < 1.29 is 19.1 Å². The number of thiocarbonyl (C=S) groups is 1. The topological polar surface area (TPSA) is 79.9 Å². The van der Waals surface area contributed by atoms with E-state index in [2.05, 4.69) is 31.5 Å². The van der Waals surface area contributed by atoms with E-state index in [1.54, 1.807) is 6.07 Å². The predicted octanol–water partition coefficient (Wildman–Crippen LogP) is 3.90. The van der Waals surface area contributed by atoms with Gasteiger partial charge < -0.3 is 25.0 Å². The lowest BCUT2D eigenvalue weighted by Gasteiger charge is -2.28. The summed E-state index contributed by atoms with van der Waals surface area (Å²) in [6, 6.07) is 9.28. The molecule has 10 heteroatoms. The molecule has 2 saturated heterocycles. The zero-order valence-electron chi connectivity index (χ0n) is 17.6. The minimum absolute atomic E-state index is 0.135. The van der Waals surface area contributed by atoms with Crippen LogP contribution >= 0.6 is 39.5 Å². The van der Waals surface area contributed by atoms with E-state index in [-0.39, 0.29) is 18.4 Å². The van der Waals surface area contributed by atoms with Crippen LogP contribution in [0.1, 0.15) is 28.1 Å². The molecule has 170 valence electrons. The Kier molecular flexibility index (Phi) is 7.26. The molecule has 0 radical (unpaired) electrons. The van der Waals surface area contributed by atoms with Crippen molar-refractivity contribution in [3.63, 3.8) is 0 Å². The summed E-state index contributed by atoms with van der Waals surface area (Å²) in [6.45, 7) is 4.51. The van der Waals surface area contributed by atoms with Gasteiger partial charge in [-0.2, -0.15) is 0 Å². The van der Waals surface area contributed by atoms with Crippen LogP contribution in [0.2, 0.25) is 0 Å². The lowest BCUT2D eigenvalue weighted by atomic mass is 9.96. The Hall–Kier alpha value is -1.85. The first-order chi connectivity index (χ1) is 15.4. The summed E-state index contributed by atoms with van der Waals surface area (Å²) in [5.74, 6) is -0.574. The molecule has 0 spiro atoms. The first-order valence-corrected chi connectivity index (χ1v) is 12.4. The van der Waals surface area contributed by atoms with Crippen molar-refractivity contribution in [2.45, 2.75) is 25.3 Å². The molecular weight excluding hydrogens is 514 g/mol. The zero-order chi connectivity index (χ0) is 22.7. The molecule has 4 rings (SSSR count). The number of thiophene rings is 1. The van der Waals surface area contributed by atoms with Crippen LogP contribution in [0.3, 0.4) is 0 Å². The number of ether oxygens (including phenoxy) is 2. The summed E-state index contributed by atoms with van der Waals surface area (Å²) in [6.07, 6.45) is 1.13. The van der Waals surface area contributed by atoms with Gasteiger partial charge in [-0.1, -0.05) is 12.2 Å². The van der Waals surface area contributed by atoms with Crippen LogP contribution in [-0.4, -0.2) is 55.3 Å². The molecule has 1 atom stereocenters. The fourth-order valence-electron chi connectivity index (χ4n) is 3.83. The molecule has 2 amide bonds. The standard InChI is InChI=1S/C22H24BrN3O4S2/c1-14-12-15(2-3-16(14)26-8-11-29-9-6-19(26)31)24-21(28)22(7-10-30-13-22)25-20(27)17-4-5-18(23)32-17/h2-5,12H,6-11,13H2,1H3,(H,24,28)(H,25,27). The van der Waals surface area contributed by atoms with Gasteiger partial charge in [-0.3, -0.25) is 9.59 Å². The number of rotatable bonds is 5. The second-order valence-corrected chi connectivity index (χ2v) is 10.7. The van der Waals surface area contributed by atoms with Crippen molar-refractivity contribution in [3.05, 3.63) is 44.6 Å². The molecule has 32 heavy (non-hydrogen) atoms. The number of aryl methyl sites for hydroxylation is 1. The Balaban J connectivity index is 1.49. The first-order valence-electron chi connectivity index (χ1n) is 10.3. The van der Waals surface area contributed by atoms with Crippen molar-refractivity contribution in [1.29, 1.82) is 0 Å². The van der Waals surface area contributed by atoms with Crippen LogP contribution in [0.15, 0.2) is 34.1 Å². The number of halogens is 1. The largest absolute Gasteiger partial charge is 0.379 e. The third-order valence-electron chi connectivity index (χ3n) is 5.57. The van der Waals surface area contributed by atoms with Gasteiger partial charge in [0.2, 0.25) is 0 Å². The van der Waals surface area contributed by atoms with Crippen molar-refractivity contribution in [2.75, 3.05) is 43.2 Å². The van der Waals surface area contributed by atoms with E-state index in [4.69, 9.17) is 21.7 Å². The number of nitrogens with one attached hydrogen (secondary N) is 2. The van der Waals surface area contributed by atoms with Gasteiger partial charge in [0.1, 0.15) is 5.54 Å². The number of carbonyl (C=O) groups excluding carboxylic acids is 2. The van der Waals surface area contributed by atoms with Gasteiger partial charge in [-0.15, -0.1) is 11.3 Å². The number of amides is 2. The van der Waals surface area contributed by atoms with E-state index in [0.717, 1.165) is 26.4 Å². The summed E-state index contributed by atoms with van der Waals surface area (Å²) in [7, 11) is 0.